The molecule has 0 unspecified atom stereocenters. The average molecular weight is 432 g/mol. The number of carbonyl (C=O) groups is 2. The van der Waals surface area contributed by atoms with Crippen LogP contribution in [-0.2, 0) is 4.79 Å². The summed E-state index contributed by atoms with van der Waals surface area (Å²) in [4.78, 5) is 24.9. The van der Waals surface area contributed by atoms with E-state index < -0.39 is 12.0 Å². The van der Waals surface area contributed by atoms with Gasteiger partial charge in [0.05, 0.1) is 12.8 Å². The van der Waals surface area contributed by atoms with Gasteiger partial charge in [0, 0.05) is 11.3 Å². The maximum absolute atomic E-state index is 13.0. The number of nitrogens with one attached hydrogen (secondary N) is 2. The predicted molar refractivity (Wildman–Crippen MR) is 121 cm³/mol. The zero-order chi connectivity index (χ0) is 22.8. The molecule has 4 rings (SSSR count). The van der Waals surface area contributed by atoms with Crippen molar-refractivity contribution in [3.8, 4) is 5.75 Å². The van der Waals surface area contributed by atoms with Crippen molar-refractivity contribution in [1.82, 2.24) is 9.78 Å². The summed E-state index contributed by atoms with van der Waals surface area (Å²) in [5.74, 6) is -0.574. The van der Waals surface area contributed by atoms with E-state index in [1.54, 1.807) is 10.8 Å². The van der Waals surface area contributed by atoms with Crippen molar-refractivity contribution in [2.45, 2.75) is 26.8 Å². The molecule has 3 aromatic rings. The number of carboxylic acids is 1. The maximum atomic E-state index is 13.0. The van der Waals surface area contributed by atoms with E-state index >= 15 is 0 Å². The van der Waals surface area contributed by atoms with Gasteiger partial charge in [-0.25, -0.2) is 9.48 Å². The second kappa shape index (κ2) is 8.58. The number of para-hydroxylation sites is 1. The van der Waals surface area contributed by atoms with Crippen molar-refractivity contribution in [2.75, 3.05) is 17.2 Å². The first-order valence-corrected chi connectivity index (χ1v) is 10.3. The van der Waals surface area contributed by atoms with Crippen LogP contribution in [0.5, 0.6) is 5.75 Å². The van der Waals surface area contributed by atoms with E-state index in [1.807, 2.05) is 63.2 Å². The van der Waals surface area contributed by atoms with Gasteiger partial charge < -0.3 is 20.5 Å². The Hall–Kier alpha value is -4.07. The number of aryl methyl sites for hydroxylation is 2. The van der Waals surface area contributed by atoms with Crippen LogP contribution in [0.2, 0.25) is 0 Å². The fourth-order valence-corrected chi connectivity index (χ4v) is 3.64. The number of carbonyl (C=O) groups excluding carboxylic acids is 1. The fourth-order valence-electron chi connectivity index (χ4n) is 3.64. The van der Waals surface area contributed by atoms with E-state index in [4.69, 9.17) is 4.74 Å². The zero-order valence-electron chi connectivity index (χ0n) is 18.0. The van der Waals surface area contributed by atoms with Crippen LogP contribution in [0.3, 0.4) is 0 Å². The van der Waals surface area contributed by atoms with E-state index in [1.165, 1.54) is 6.20 Å². The maximum Gasteiger partial charge on any atom is 0.352 e. The molecule has 1 aromatic heterocycles. The molecule has 3 N–H and O–H groups in total. The van der Waals surface area contributed by atoms with Crippen LogP contribution in [0.15, 0.2) is 60.4 Å². The number of carboxylic acid groups (broad SMARTS) is 1. The standard InChI is InChI=1S/C24H24N4O4/c1-4-32-21-8-6-5-7-17(21)20-12-19(24(30)31)27-22-18(13-25-28(20)22)23(29)26-16-10-9-14(2)15(3)11-16/h5-13,20,27H,4H2,1-3H3,(H,26,29)(H,30,31)/t20-/m0/s1. The summed E-state index contributed by atoms with van der Waals surface area (Å²) < 4.78 is 7.33. The molecule has 1 aliphatic heterocycles. The molecule has 164 valence electrons. The van der Waals surface area contributed by atoms with Gasteiger partial charge >= 0.3 is 5.97 Å². The van der Waals surface area contributed by atoms with Crippen molar-refractivity contribution in [2.24, 2.45) is 0 Å². The fraction of sp³-hybridized carbons (Fsp3) is 0.208. The number of amides is 1. The number of hydrogen-bond acceptors (Lipinski definition) is 5. The number of hydrogen-bond donors (Lipinski definition) is 3. The van der Waals surface area contributed by atoms with Crippen molar-refractivity contribution in [3.05, 3.63) is 82.7 Å². The topological polar surface area (TPSA) is 105 Å². The van der Waals surface area contributed by atoms with Crippen LogP contribution in [0.4, 0.5) is 11.5 Å². The Morgan fingerprint density at radius 2 is 1.97 bits per heavy atom. The van der Waals surface area contributed by atoms with Crippen molar-refractivity contribution >= 4 is 23.4 Å². The molecule has 0 radical (unpaired) electrons. The van der Waals surface area contributed by atoms with Crippen LogP contribution < -0.4 is 15.4 Å². The molecule has 2 heterocycles. The van der Waals surface area contributed by atoms with E-state index in [2.05, 4.69) is 15.7 Å². The second-order valence-corrected chi connectivity index (χ2v) is 7.53. The lowest BCUT2D eigenvalue weighted by atomic mass is 10.0. The third-order valence-corrected chi connectivity index (χ3v) is 5.41. The summed E-state index contributed by atoms with van der Waals surface area (Å²) >= 11 is 0. The molecule has 0 saturated carbocycles. The van der Waals surface area contributed by atoms with Gasteiger partial charge in [-0.05, 0) is 56.2 Å². The average Bonchev–Trinajstić information content (AvgIpc) is 3.20. The van der Waals surface area contributed by atoms with Crippen LogP contribution in [0.1, 0.15) is 40.0 Å². The van der Waals surface area contributed by atoms with Gasteiger partial charge in [-0.2, -0.15) is 5.10 Å². The molecule has 1 amide bonds. The summed E-state index contributed by atoms with van der Waals surface area (Å²) in [6.45, 7) is 6.32. The third-order valence-electron chi connectivity index (χ3n) is 5.41. The largest absolute Gasteiger partial charge is 0.494 e. The Morgan fingerprint density at radius 1 is 1.19 bits per heavy atom. The Morgan fingerprint density at radius 3 is 2.69 bits per heavy atom. The van der Waals surface area contributed by atoms with Crippen molar-refractivity contribution in [3.63, 3.8) is 0 Å². The van der Waals surface area contributed by atoms with Gasteiger partial charge in [-0.1, -0.05) is 24.3 Å². The molecule has 0 fully saturated rings. The van der Waals surface area contributed by atoms with Crippen LogP contribution in [0.25, 0.3) is 0 Å². The van der Waals surface area contributed by atoms with E-state index in [0.29, 0.717) is 23.9 Å². The molecule has 8 heteroatoms. The highest BCUT2D eigenvalue weighted by molar-refractivity contribution is 6.08. The summed E-state index contributed by atoms with van der Waals surface area (Å²) in [5, 5.41) is 19.8. The summed E-state index contributed by atoms with van der Waals surface area (Å²) in [7, 11) is 0. The number of nitrogens with zero attached hydrogens (tertiary/aromatic N) is 2. The summed E-state index contributed by atoms with van der Waals surface area (Å²) in [6.07, 6.45) is 3.00. The van der Waals surface area contributed by atoms with Gasteiger partial charge in [-0.15, -0.1) is 0 Å². The number of anilines is 2. The highest BCUT2D eigenvalue weighted by Gasteiger charge is 2.30. The van der Waals surface area contributed by atoms with Crippen LogP contribution in [-0.4, -0.2) is 33.4 Å². The molecule has 0 bridgehead atoms. The molecule has 0 saturated heterocycles. The van der Waals surface area contributed by atoms with Crippen LogP contribution >= 0.6 is 0 Å². The molecular formula is C24H24N4O4. The smallest absolute Gasteiger partial charge is 0.352 e. The van der Waals surface area contributed by atoms with E-state index in [9.17, 15) is 14.7 Å². The predicted octanol–water partition coefficient (Wildman–Crippen LogP) is 4.13. The molecule has 2 aromatic carbocycles. The minimum Gasteiger partial charge on any atom is -0.494 e. The first kappa shape index (κ1) is 21.2. The molecule has 0 spiro atoms. The lowest BCUT2D eigenvalue weighted by Crippen LogP contribution is -2.26. The summed E-state index contributed by atoms with van der Waals surface area (Å²) in [6, 6.07) is 12.5. The first-order chi connectivity index (χ1) is 15.4. The van der Waals surface area contributed by atoms with Crippen LogP contribution in [0, 0.1) is 13.8 Å². The van der Waals surface area contributed by atoms with Gasteiger partial charge in [0.25, 0.3) is 5.91 Å². The molecule has 8 nitrogen and oxygen atoms in total. The van der Waals surface area contributed by atoms with Crippen molar-refractivity contribution < 1.29 is 19.4 Å². The Kier molecular flexibility index (Phi) is 5.68. The number of benzene rings is 2. The summed E-state index contributed by atoms with van der Waals surface area (Å²) in [5.41, 5.74) is 3.80. The number of rotatable bonds is 6. The number of ether oxygens (including phenoxy) is 1. The number of fused-ring (bicyclic) bond motifs is 1. The molecule has 1 aliphatic rings. The second-order valence-electron chi connectivity index (χ2n) is 7.53. The number of allylic oxidation sites excluding steroid dienone is 1. The number of aromatic nitrogens is 2. The third kappa shape index (κ3) is 3.94. The Labute approximate surface area is 185 Å². The highest BCUT2D eigenvalue weighted by Crippen LogP contribution is 2.36. The molecule has 1 atom stereocenters. The Bertz CT molecular complexity index is 1230. The van der Waals surface area contributed by atoms with Gasteiger partial charge in [0.15, 0.2) is 0 Å². The monoisotopic (exact) mass is 432 g/mol. The minimum absolute atomic E-state index is 0.0328. The normalized spacial score (nSPS) is 14.7. The zero-order valence-corrected chi connectivity index (χ0v) is 18.0. The van der Waals surface area contributed by atoms with Gasteiger partial charge in [-0.3, -0.25) is 4.79 Å². The number of aliphatic carboxylic acids is 1. The van der Waals surface area contributed by atoms with E-state index in [-0.39, 0.29) is 17.2 Å². The molecule has 32 heavy (non-hydrogen) atoms. The highest BCUT2D eigenvalue weighted by atomic mass is 16.5. The first-order valence-electron chi connectivity index (χ1n) is 10.3. The lowest BCUT2D eigenvalue weighted by molar-refractivity contribution is -0.132. The van der Waals surface area contributed by atoms with Crippen molar-refractivity contribution in [1.29, 1.82) is 0 Å². The quantitative estimate of drug-likeness (QED) is 0.541. The molecular weight excluding hydrogens is 408 g/mol. The SMILES string of the molecule is CCOc1ccccc1[C@@H]1C=C(C(=O)O)Nc2c(C(=O)Nc3ccc(C)c(C)c3)cnn21. The minimum atomic E-state index is -1.13. The van der Waals surface area contributed by atoms with E-state index in [0.717, 1.165) is 16.7 Å². The van der Waals surface area contributed by atoms with Gasteiger partial charge in [0.1, 0.15) is 28.9 Å². The molecule has 0 aliphatic carbocycles. The lowest BCUT2D eigenvalue weighted by Gasteiger charge is -2.25. The Balaban J connectivity index is 1.73. The van der Waals surface area contributed by atoms with Gasteiger partial charge in [0.2, 0.25) is 0 Å².